The van der Waals surface area contributed by atoms with Crippen LogP contribution in [0.25, 0.3) is 22.1 Å². The van der Waals surface area contributed by atoms with E-state index in [1.54, 1.807) is 0 Å². The van der Waals surface area contributed by atoms with Gasteiger partial charge in [0.1, 0.15) is 0 Å². The normalized spacial score (nSPS) is 10.5. The van der Waals surface area contributed by atoms with Gasteiger partial charge in [0, 0.05) is 80.4 Å². The zero-order valence-corrected chi connectivity index (χ0v) is 17.9. The van der Waals surface area contributed by atoms with Crippen molar-refractivity contribution in [2.75, 3.05) is 0 Å². The molecule has 5 heteroatoms. The van der Waals surface area contributed by atoms with Crippen molar-refractivity contribution in [1.29, 1.82) is 0 Å². The number of rotatable bonds is 2. The number of fused-ring (bicyclic) bond motifs is 1. The molecule has 0 unspecified atom stereocenters. The highest BCUT2D eigenvalue weighted by atomic mass is 79.9. The monoisotopic (exact) mass is 519 g/mol. The van der Waals surface area contributed by atoms with E-state index in [2.05, 4.69) is 89.8 Å². The summed E-state index contributed by atoms with van der Waals surface area (Å²) in [6, 6.07) is 25.2. The number of halogens is 3. The van der Waals surface area contributed by atoms with Crippen LogP contribution >= 0.6 is 31.9 Å². The zero-order chi connectivity index (χ0) is 16.5. The molecule has 0 N–H and O–H groups in total. The van der Waals surface area contributed by atoms with E-state index in [1.807, 2.05) is 36.4 Å². The lowest BCUT2D eigenvalue weighted by molar-refractivity contribution is -0.608. The van der Waals surface area contributed by atoms with Gasteiger partial charge in [-0.25, -0.2) is 0 Å². The standard InChI is InChI=1S/C20H14Br2N2.BrH/c21-19-5-1-3-11-23(19)17-9-7-16-14-18(10-8-15(16)13-17)24-12-4-2-6-20(24)22;/h1-14H;1H/q+2;/p-1. The van der Waals surface area contributed by atoms with E-state index in [0.717, 1.165) is 20.6 Å². The number of pyridine rings is 2. The van der Waals surface area contributed by atoms with Crippen LogP contribution in [0.5, 0.6) is 0 Å². The van der Waals surface area contributed by atoms with E-state index in [4.69, 9.17) is 0 Å². The molecule has 4 rings (SSSR count). The molecule has 0 bridgehead atoms. The van der Waals surface area contributed by atoms with Crippen molar-refractivity contribution in [2.24, 2.45) is 0 Å². The first kappa shape index (κ1) is 18.2. The highest BCUT2D eigenvalue weighted by molar-refractivity contribution is 9.10. The fourth-order valence-corrected chi connectivity index (χ4v) is 3.73. The van der Waals surface area contributed by atoms with Crippen molar-refractivity contribution in [3.05, 3.63) is 94.4 Å². The van der Waals surface area contributed by atoms with Gasteiger partial charge in [-0.3, -0.25) is 0 Å². The average molecular weight is 522 g/mol. The summed E-state index contributed by atoms with van der Waals surface area (Å²) in [5.74, 6) is 0. The molecule has 0 aliphatic carbocycles. The first-order chi connectivity index (χ1) is 11.7. The fraction of sp³-hybridized carbons (Fsp3) is 0. The number of nitrogens with zero attached hydrogens (tertiary/aromatic N) is 2. The van der Waals surface area contributed by atoms with E-state index in [-0.39, 0.29) is 17.0 Å². The Bertz CT molecular complexity index is 963. The molecule has 0 amide bonds. The van der Waals surface area contributed by atoms with Crippen LogP contribution in [-0.4, -0.2) is 0 Å². The number of benzene rings is 2. The Balaban J connectivity index is 0.00000182. The van der Waals surface area contributed by atoms with Crippen LogP contribution < -0.4 is 26.1 Å². The van der Waals surface area contributed by atoms with Gasteiger partial charge in [0.05, 0.1) is 0 Å². The van der Waals surface area contributed by atoms with E-state index < -0.39 is 0 Å². The predicted molar refractivity (Wildman–Crippen MR) is 102 cm³/mol. The summed E-state index contributed by atoms with van der Waals surface area (Å²) in [7, 11) is 0. The summed E-state index contributed by atoms with van der Waals surface area (Å²) < 4.78 is 6.31. The molecular formula is C20H14Br3N2+. The summed E-state index contributed by atoms with van der Waals surface area (Å²) in [5, 5.41) is 2.43. The highest BCUT2D eigenvalue weighted by Crippen LogP contribution is 2.20. The highest BCUT2D eigenvalue weighted by Gasteiger charge is 2.14. The third-order valence-electron chi connectivity index (χ3n) is 3.98. The summed E-state index contributed by atoms with van der Waals surface area (Å²) in [6.07, 6.45) is 4.10. The minimum Gasteiger partial charge on any atom is -1.00 e. The van der Waals surface area contributed by atoms with Crippen LogP contribution in [0.3, 0.4) is 0 Å². The lowest BCUT2D eigenvalue weighted by atomic mass is 10.1. The van der Waals surface area contributed by atoms with Crippen molar-refractivity contribution >= 4 is 42.6 Å². The lowest BCUT2D eigenvalue weighted by Gasteiger charge is -2.03. The second-order valence-electron chi connectivity index (χ2n) is 5.50. The Morgan fingerprint density at radius 1 is 0.560 bits per heavy atom. The van der Waals surface area contributed by atoms with Crippen molar-refractivity contribution in [1.82, 2.24) is 0 Å². The number of hydrogen-bond donors (Lipinski definition) is 0. The van der Waals surface area contributed by atoms with Gasteiger partial charge in [-0.2, -0.15) is 9.13 Å². The van der Waals surface area contributed by atoms with E-state index in [0.29, 0.717) is 0 Å². The van der Waals surface area contributed by atoms with E-state index >= 15 is 0 Å². The van der Waals surface area contributed by atoms with E-state index in [1.165, 1.54) is 10.8 Å². The van der Waals surface area contributed by atoms with E-state index in [9.17, 15) is 0 Å². The van der Waals surface area contributed by atoms with Gasteiger partial charge in [0.2, 0.25) is 11.4 Å². The van der Waals surface area contributed by atoms with Gasteiger partial charge in [0.15, 0.2) is 12.4 Å². The SMILES string of the molecule is Brc1cccc[n+]1-c1ccc2cc(-[n+]3ccccc3Br)ccc2c1.[Br-]. The van der Waals surface area contributed by atoms with Crippen LogP contribution in [0.15, 0.2) is 94.4 Å². The van der Waals surface area contributed by atoms with Crippen LogP contribution in [-0.2, 0) is 0 Å². The second-order valence-corrected chi connectivity index (χ2v) is 7.13. The van der Waals surface area contributed by atoms with Gasteiger partial charge in [-0.05, 0) is 35.0 Å². The summed E-state index contributed by atoms with van der Waals surface area (Å²) in [5.41, 5.74) is 2.27. The topological polar surface area (TPSA) is 7.76 Å². The van der Waals surface area contributed by atoms with Crippen molar-refractivity contribution in [3.63, 3.8) is 0 Å². The molecule has 0 aliphatic heterocycles. The molecular weight excluding hydrogens is 508 g/mol. The van der Waals surface area contributed by atoms with Gasteiger partial charge in [-0.1, -0.05) is 0 Å². The largest absolute Gasteiger partial charge is 1.00 e. The van der Waals surface area contributed by atoms with Gasteiger partial charge < -0.3 is 17.0 Å². The molecule has 2 heterocycles. The molecule has 0 fully saturated rings. The molecule has 124 valence electrons. The molecule has 25 heavy (non-hydrogen) atoms. The van der Waals surface area contributed by atoms with Crippen molar-refractivity contribution in [2.45, 2.75) is 0 Å². The first-order valence-corrected chi connectivity index (χ1v) is 9.18. The average Bonchev–Trinajstić information content (AvgIpc) is 2.62. The zero-order valence-electron chi connectivity index (χ0n) is 13.1. The Labute approximate surface area is 173 Å². The van der Waals surface area contributed by atoms with Crippen molar-refractivity contribution in [3.8, 4) is 11.4 Å². The maximum Gasteiger partial charge on any atom is 0.253 e. The minimum atomic E-state index is 0. The van der Waals surface area contributed by atoms with Crippen LogP contribution in [0.4, 0.5) is 0 Å². The molecule has 4 aromatic rings. The smallest absolute Gasteiger partial charge is 0.253 e. The third-order valence-corrected chi connectivity index (χ3v) is 5.28. The Morgan fingerprint density at radius 3 is 1.40 bits per heavy atom. The Morgan fingerprint density at radius 2 is 1.00 bits per heavy atom. The molecule has 0 atom stereocenters. The van der Waals surface area contributed by atoms with Crippen LogP contribution in [0, 0.1) is 0 Å². The molecule has 2 aromatic carbocycles. The molecule has 0 radical (unpaired) electrons. The summed E-state index contributed by atoms with van der Waals surface area (Å²) >= 11 is 7.20. The molecule has 2 aromatic heterocycles. The van der Waals surface area contributed by atoms with Crippen LogP contribution in [0.1, 0.15) is 0 Å². The third kappa shape index (κ3) is 3.68. The summed E-state index contributed by atoms with van der Waals surface area (Å²) in [6.45, 7) is 0. The quantitative estimate of drug-likeness (QED) is 0.281. The maximum absolute atomic E-state index is 3.60. The van der Waals surface area contributed by atoms with Gasteiger partial charge in [-0.15, -0.1) is 0 Å². The summed E-state index contributed by atoms with van der Waals surface area (Å²) in [4.78, 5) is 0. The first-order valence-electron chi connectivity index (χ1n) is 7.59. The fourth-order valence-electron chi connectivity index (χ4n) is 2.78. The van der Waals surface area contributed by atoms with Crippen LogP contribution in [0.2, 0.25) is 0 Å². The molecule has 0 spiro atoms. The Kier molecular flexibility index (Phi) is 5.67. The molecule has 0 aliphatic rings. The number of aromatic nitrogens is 2. The maximum atomic E-state index is 3.60. The molecule has 0 saturated carbocycles. The minimum absolute atomic E-state index is 0. The molecule has 0 saturated heterocycles. The second kappa shape index (κ2) is 7.77. The van der Waals surface area contributed by atoms with Crippen molar-refractivity contribution < 1.29 is 26.1 Å². The van der Waals surface area contributed by atoms with Gasteiger partial charge >= 0.3 is 0 Å². The molecule has 2 nitrogen and oxygen atoms in total. The predicted octanol–water partition coefficient (Wildman–Crippen LogP) is 1.92. The van der Waals surface area contributed by atoms with Gasteiger partial charge in [0.25, 0.3) is 9.21 Å². The number of hydrogen-bond acceptors (Lipinski definition) is 0. The Hall–Kier alpha value is -1.56. The lowest BCUT2D eigenvalue weighted by Crippen LogP contribution is -3.00.